The van der Waals surface area contributed by atoms with E-state index in [1.165, 1.54) is 11.0 Å². The summed E-state index contributed by atoms with van der Waals surface area (Å²) in [5.74, 6) is 0.397. The van der Waals surface area contributed by atoms with E-state index in [2.05, 4.69) is 0 Å². The van der Waals surface area contributed by atoms with Crippen LogP contribution in [0.4, 0.5) is 21.9 Å². The number of rotatable bonds is 2. The lowest BCUT2D eigenvalue weighted by Crippen LogP contribution is -2.54. The normalized spacial score (nSPS) is 24.2. The molecule has 2 bridgehead atoms. The first-order chi connectivity index (χ1) is 10.5. The summed E-state index contributed by atoms with van der Waals surface area (Å²) >= 11 is 0. The van der Waals surface area contributed by atoms with Gasteiger partial charge in [0.15, 0.2) is 0 Å². The van der Waals surface area contributed by atoms with Crippen LogP contribution >= 0.6 is 0 Å². The second-order valence-electron chi connectivity index (χ2n) is 6.03. The summed E-state index contributed by atoms with van der Waals surface area (Å²) in [6.45, 7) is 2.20. The number of carboxylic acid groups (broad SMARTS) is 1. The lowest BCUT2D eigenvalue weighted by molar-refractivity contribution is -0.383. The van der Waals surface area contributed by atoms with Gasteiger partial charge in [-0.15, -0.1) is 0 Å². The highest BCUT2D eigenvalue weighted by Crippen LogP contribution is 2.38. The maximum absolute atomic E-state index is 11.3. The predicted octanol–water partition coefficient (Wildman–Crippen LogP) is 1.61. The number of amides is 1. The Kier molecular flexibility index (Phi) is 3.51. The van der Waals surface area contributed by atoms with E-state index in [1.54, 1.807) is 12.1 Å². The van der Waals surface area contributed by atoms with Crippen molar-refractivity contribution >= 4 is 23.2 Å². The Morgan fingerprint density at radius 2 is 1.91 bits per heavy atom. The smallest absolute Gasteiger partial charge is 0.407 e. The largest absolute Gasteiger partial charge is 0.465 e. The number of nitrogen functional groups attached to an aromatic ring is 1. The number of hydrogen-bond acceptors (Lipinski definition) is 5. The molecule has 0 saturated carbocycles. The first kappa shape index (κ1) is 14.4. The Bertz CT molecular complexity index is 607. The van der Waals surface area contributed by atoms with Gasteiger partial charge in [0.1, 0.15) is 11.4 Å². The van der Waals surface area contributed by atoms with E-state index in [0.717, 1.165) is 6.42 Å². The molecule has 2 atom stereocenters. The lowest BCUT2D eigenvalue weighted by atomic mass is 9.84. The summed E-state index contributed by atoms with van der Waals surface area (Å²) in [7, 11) is 0. The van der Waals surface area contributed by atoms with Crippen molar-refractivity contribution in [1.82, 2.24) is 4.90 Å². The lowest BCUT2D eigenvalue weighted by Gasteiger charge is -2.45. The van der Waals surface area contributed by atoms with Crippen LogP contribution in [0.15, 0.2) is 18.2 Å². The van der Waals surface area contributed by atoms with E-state index in [-0.39, 0.29) is 23.2 Å². The van der Waals surface area contributed by atoms with Gasteiger partial charge in [0, 0.05) is 26.2 Å². The summed E-state index contributed by atoms with van der Waals surface area (Å²) in [5, 5.41) is 20.4. The van der Waals surface area contributed by atoms with Gasteiger partial charge in [-0.25, -0.2) is 4.79 Å². The first-order valence-electron chi connectivity index (χ1n) is 7.21. The van der Waals surface area contributed by atoms with Gasteiger partial charge in [-0.1, -0.05) is 6.07 Å². The van der Waals surface area contributed by atoms with Crippen LogP contribution < -0.4 is 10.6 Å². The third kappa shape index (κ3) is 2.51. The van der Waals surface area contributed by atoms with Crippen LogP contribution in [0.2, 0.25) is 0 Å². The second-order valence-corrected chi connectivity index (χ2v) is 6.03. The zero-order valence-electron chi connectivity index (χ0n) is 12.0. The molecule has 8 nitrogen and oxygen atoms in total. The second kappa shape index (κ2) is 5.36. The minimum Gasteiger partial charge on any atom is -0.465 e. The molecule has 0 unspecified atom stereocenters. The molecule has 3 N–H and O–H groups in total. The Labute approximate surface area is 127 Å². The summed E-state index contributed by atoms with van der Waals surface area (Å²) in [6, 6.07) is 4.95. The number of benzene rings is 1. The van der Waals surface area contributed by atoms with Crippen molar-refractivity contribution in [1.29, 1.82) is 0 Å². The van der Waals surface area contributed by atoms with E-state index < -0.39 is 11.0 Å². The topological polar surface area (TPSA) is 113 Å². The molecule has 1 aromatic carbocycles. The molecule has 2 aliphatic rings. The summed E-state index contributed by atoms with van der Waals surface area (Å²) in [6.07, 6.45) is 0.0780. The molecule has 118 valence electrons. The Hall–Kier alpha value is -2.51. The molecule has 1 amide bonds. The van der Waals surface area contributed by atoms with Crippen molar-refractivity contribution in [2.75, 3.05) is 36.8 Å². The van der Waals surface area contributed by atoms with Crippen LogP contribution in [-0.4, -0.2) is 47.2 Å². The Morgan fingerprint density at radius 3 is 2.45 bits per heavy atom. The fourth-order valence-electron chi connectivity index (χ4n) is 3.64. The van der Waals surface area contributed by atoms with Crippen LogP contribution in [0.3, 0.4) is 0 Å². The highest BCUT2D eigenvalue weighted by molar-refractivity contribution is 5.75. The molecular formula is C14H18N4O4. The third-order valence-electron chi connectivity index (χ3n) is 4.42. The molecule has 1 aromatic rings. The molecule has 0 radical (unpaired) electrons. The highest BCUT2D eigenvalue weighted by atomic mass is 16.6. The van der Waals surface area contributed by atoms with Crippen LogP contribution in [0, 0.1) is 22.0 Å². The summed E-state index contributed by atoms with van der Waals surface area (Å²) < 4.78 is 0. The molecule has 0 aromatic heterocycles. The van der Waals surface area contributed by atoms with E-state index in [0.29, 0.717) is 31.9 Å². The van der Waals surface area contributed by atoms with Gasteiger partial charge in [-0.2, -0.15) is 0 Å². The number of likely N-dealkylation sites (tertiary alicyclic amines) is 1. The minimum atomic E-state index is -0.891. The molecule has 0 aliphatic carbocycles. The molecule has 2 aliphatic heterocycles. The minimum absolute atomic E-state index is 0.0578. The van der Waals surface area contributed by atoms with Gasteiger partial charge in [0.25, 0.3) is 0 Å². The fourth-order valence-corrected chi connectivity index (χ4v) is 3.64. The third-order valence-corrected chi connectivity index (χ3v) is 4.42. The number of hydrogen-bond donors (Lipinski definition) is 2. The molecule has 2 fully saturated rings. The summed E-state index contributed by atoms with van der Waals surface area (Å²) in [5.41, 5.74) is 6.38. The quantitative estimate of drug-likeness (QED) is 0.487. The number of nitrogens with zero attached hydrogens (tertiary/aromatic N) is 3. The van der Waals surface area contributed by atoms with Crippen LogP contribution in [-0.2, 0) is 0 Å². The first-order valence-corrected chi connectivity index (χ1v) is 7.21. The molecule has 22 heavy (non-hydrogen) atoms. The van der Waals surface area contributed by atoms with Crippen molar-refractivity contribution in [3.63, 3.8) is 0 Å². The zero-order valence-corrected chi connectivity index (χ0v) is 12.0. The number of carbonyl (C=O) groups is 1. The molecule has 0 spiro atoms. The van der Waals surface area contributed by atoms with Crippen molar-refractivity contribution in [3.8, 4) is 0 Å². The molecule has 2 saturated heterocycles. The van der Waals surface area contributed by atoms with Gasteiger partial charge in [0.05, 0.1) is 4.92 Å². The highest BCUT2D eigenvalue weighted by Gasteiger charge is 2.37. The zero-order chi connectivity index (χ0) is 15.9. The van der Waals surface area contributed by atoms with Crippen LogP contribution in [0.25, 0.3) is 0 Å². The molecule has 3 rings (SSSR count). The number of fused-ring (bicyclic) bond motifs is 2. The van der Waals surface area contributed by atoms with Crippen LogP contribution in [0.1, 0.15) is 6.42 Å². The van der Waals surface area contributed by atoms with Crippen molar-refractivity contribution in [2.45, 2.75) is 6.42 Å². The molecule has 8 heteroatoms. The summed E-state index contributed by atoms with van der Waals surface area (Å²) in [4.78, 5) is 25.4. The molecular weight excluding hydrogens is 288 g/mol. The van der Waals surface area contributed by atoms with E-state index in [1.807, 2.05) is 4.90 Å². The van der Waals surface area contributed by atoms with E-state index >= 15 is 0 Å². The van der Waals surface area contributed by atoms with Gasteiger partial charge >= 0.3 is 11.8 Å². The monoisotopic (exact) mass is 306 g/mol. The fraction of sp³-hybridized carbons (Fsp3) is 0.500. The number of anilines is 2. The standard InChI is InChI=1S/C14H18N4O4/c15-11-2-1-3-12(13(11)18(21)22)16-5-9-4-10(6-16)8-17(7-9)14(19)20/h1-3,9-10H,4-8,15H2,(H,19,20)/t9-,10-/m0/s1. The van der Waals surface area contributed by atoms with Crippen LogP contribution in [0.5, 0.6) is 0 Å². The van der Waals surface area contributed by atoms with Gasteiger partial charge < -0.3 is 20.6 Å². The van der Waals surface area contributed by atoms with Crippen molar-refractivity contribution in [2.24, 2.45) is 11.8 Å². The van der Waals surface area contributed by atoms with Gasteiger partial charge in [-0.05, 0) is 30.4 Å². The van der Waals surface area contributed by atoms with Gasteiger partial charge in [-0.3, -0.25) is 10.1 Å². The number of piperidine rings is 2. The van der Waals surface area contributed by atoms with Crippen molar-refractivity contribution < 1.29 is 14.8 Å². The average molecular weight is 306 g/mol. The maximum Gasteiger partial charge on any atom is 0.407 e. The van der Waals surface area contributed by atoms with Gasteiger partial charge in [0.2, 0.25) is 0 Å². The molecule has 2 heterocycles. The van der Waals surface area contributed by atoms with E-state index in [4.69, 9.17) is 10.8 Å². The Balaban J connectivity index is 1.86. The number of nitro groups is 1. The Morgan fingerprint density at radius 1 is 1.27 bits per heavy atom. The maximum atomic E-state index is 11.3. The number of para-hydroxylation sites is 1. The SMILES string of the molecule is Nc1cccc(N2C[C@@H]3C[C@H](CN(C(=O)O)C3)C2)c1[N+](=O)[O-]. The predicted molar refractivity (Wildman–Crippen MR) is 80.9 cm³/mol. The average Bonchev–Trinajstić information content (AvgIpc) is 2.45. The number of nitro benzene ring substituents is 1. The van der Waals surface area contributed by atoms with Crippen molar-refractivity contribution in [3.05, 3.63) is 28.3 Å². The van der Waals surface area contributed by atoms with E-state index in [9.17, 15) is 14.9 Å². The number of nitrogens with two attached hydrogens (primary N) is 1.